The Bertz CT molecular complexity index is 1350. The van der Waals surface area contributed by atoms with E-state index in [2.05, 4.69) is 34.1 Å². The number of carbonyl (C=O) groups excluding carboxylic acids is 1. The van der Waals surface area contributed by atoms with Gasteiger partial charge < -0.3 is 9.80 Å². The maximum Gasteiger partial charge on any atom is 0.254 e. The minimum Gasteiger partial charge on any atom is -0.347 e. The van der Waals surface area contributed by atoms with Gasteiger partial charge in [-0.25, -0.2) is 9.37 Å². The molecule has 1 aromatic heterocycles. The number of nitrogens with zero attached hydrogens (tertiary/aromatic N) is 3. The van der Waals surface area contributed by atoms with Crippen molar-refractivity contribution in [1.82, 2.24) is 9.88 Å². The van der Waals surface area contributed by atoms with Crippen LogP contribution in [0.25, 0.3) is 21.3 Å². The van der Waals surface area contributed by atoms with Crippen molar-refractivity contribution < 1.29 is 9.18 Å². The first-order chi connectivity index (χ1) is 16.5. The number of fused-ring (bicyclic) bond motifs is 3. The number of rotatable bonds is 3. The van der Waals surface area contributed by atoms with Gasteiger partial charge in [-0.2, -0.15) is 0 Å². The van der Waals surface area contributed by atoms with E-state index in [1.54, 1.807) is 23.5 Å². The lowest BCUT2D eigenvalue weighted by atomic mass is 9.84. The van der Waals surface area contributed by atoms with Crippen LogP contribution in [-0.4, -0.2) is 42.0 Å². The second-order valence-corrected chi connectivity index (χ2v) is 10.6. The van der Waals surface area contributed by atoms with Crippen molar-refractivity contribution >= 4 is 32.6 Å². The maximum atomic E-state index is 13.7. The summed E-state index contributed by atoms with van der Waals surface area (Å²) in [5, 5.41) is 0.958. The summed E-state index contributed by atoms with van der Waals surface area (Å²) in [5.41, 5.74) is 4.80. The predicted molar refractivity (Wildman–Crippen MR) is 136 cm³/mol. The molecule has 2 fully saturated rings. The van der Waals surface area contributed by atoms with E-state index in [0.29, 0.717) is 11.8 Å². The van der Waals surface area contributed by atoms with Gasteiger partial charge in [-0.15, -0.1) is 0 Å². The summed E-state index contributed by atoms with van der Waals surface area (Å²) in [4.78, 5) is 22.9. The van der Waals surface area contributed by atoms with Crippen LogP contribution < -0.4 is 4.90 Å². The fraction of sp³-hybridized carbons (Fsp3) is 0.286. The topological polar surface area (TPSA) is 36.4 Å². The van der Waals surface area contributed by atoms with Crippen LogP contribution >= 0.6 is 11.3 Å². The normalized spacial score (nSPS) is 20.1. The summed E-state index contributed by atoms with van der Waals surface area (Å²) in [5.74, 6) is 0.718. The van der Waals surface area contributed by atoms with Crippen molar-refractivity contribution in [1.29, 1.82) is 0 Å². The molecule has 2 aliphatic rings. The average Bonchev–Trinajstić information content (AvgIpc) is 3.27. The Balaban J connectivity index is 1.23. The van der Waals surface area contributed by atoms with Gasteiger partial charge in [0.1, 0.15) is 5.82 Å². The molecular formula is C28H26FN3OS. The standard InChI is InChI=1S/C28H26FN3OS/c1-18-7-9-23(21-5-3-2-4-6-21)24(11-18)27(33)31-14-19-12-20(15-31)17-32(16-19)28-30-25-10-8-22(29)13-26(25)34-28/h2-11,13,19-20H,12,14-17H2,1H3. The first kappa shape index (κ1) is 21.3. The fourth-order valence-corrected chi connectivity index (χ4v) is 6.51. The lowest BCUT2D eigenvalue weighted by molar-refractivity contribution is 0.0565. The second kappa shape index (κ2) is 8.51. The van der Waals surface area contributed by atoms with E-state index in [1.165, 1.54) is 6.07 Å². The quantitative estimate of drug-likeness (QED) is 0.367. The van der Waals surface area contributed by atoms with Crippen molar-refractivity contribution in [3.8, 4) is 11.1 Å². The SMILES string of the molecule is Cc1ccc(-c2ccccc2)c(C(=O)N2CC3CC(C2)CN(c2nc4ccc(F)cc4s2)C3)c1. The molecule has 0 saturated carbocycles. The van der Waals surface area contributed by atoms with Crippen LogP contribution in [-0.2, 0) is 0 Å². The van der Waals surface area contributed by atoms with E-state index in [4.69, 9.17) is 4.98 Å². The van der Waals surface area contributed by atoms with E-state index in [9.17, 15) is 9.18 Å². The number of hydrogen-bond donors (Lipinski definition) is 0. The number of hydrogen-bond acceptors (Lipinski definition) is 4. The minimum absolute atomic E-state index is 0.126. The number of halogens is 1. The van der Waals surface area contributed by atoms with Gasteiger partial charge in [-0.3, -0.25) is 4.79 Å². The molecule has 6 rings (SSSR count). The smallest absolute Gasteiger partial charge is 0.254 e. The summed E-state index contributed by atoms with van der Waals surface area (Å²) in [6.45, 7) is 5.31. The van der Waals surface area contributed by atoms with Gasteiger partial charge in [0.2, 0.25) is 0 Å². The Hall–Kier alpha value is -3.25. The van der Waals surface area contributed by atoms with Gasteiger partial charge in [0, 0.05) is 31.7 Å². The van der Waals surface area contributed by atoms with Crippen LogP contribution in [0.5, 0.6) is 0 Å². The van der Waals surface area contributed by atoms with Crippen molar-refractivity contribution in [2.45, 2.75) is 13.3 Å². The molecule has 4 nitrogen and oxygen atoms in total. The van der Waals surface area contributed by atoms with Gasteiger partial charge in [0.15, 0.2) is 5.13 Å². The average molecular weight is 472 g/mol. The monoisotopic (exact) mass is 471 g/mol. The molecule has 2 unspecified atom stereocenters. The maximum absolute atomic E-state index is 13.7. The van der Waals surface area contributed by atoms with Gasteiger partial charge >= 0.3 is 0 Å². The largest absolute Gasteiger partial charge is 0.347 e. The van der Waals surface area contributed by atoms with Crippen LogP contribution in [0.4, 0.5) is 9.52 Å². The number of aromatic nitrogens is 1. The summed E-state index contributed by atoms with van der Waals surface area (Å²) >= 11 is 1.56. The van der Waals surface area contributed by atoms with Crippen LogP contribution in [0.15, 0.2) is 66.7 Å². The molecule has 3 aromatic carbocycles. The Labute approximate surface area is 202 Å². The molecule has 0 N–H and O–H groups in total. The highest BCUT2D eigenvalue weighted by Crippen LogP contribution is 2.36. The summed E-state index contributed by atoms with van der Waals surface area (Å²) in [6, 6.07) is 21.1. The zero-order valence-electron chi connectivity index (χ0n) is 19.1. The molecule has 172 valence electrons. The highest BCUT2D eigenvalue weighted by Gasteiger charge is 2.37. The summed E-state index contributed by atoms with van der Waals surface area (Å²) < 4.78 is 14.5. The number of benzene rings is 3. The second-order valence-electron chi connectivity index (χ2n) is 9.61. The van der Waals surface area contributed by atoms with Crippen LogP contribution in [0.3, 0.4) is 0 Å². The Morgan fingerprint density at radius 1 is 0.971 bits per heavy atom. The molecule has 6 heteroatoms. The fourth-order valence-electron chi connectivity index (χ4n) is 5.50. The van der Waals surface area contributed by atoms with Crippen molar-refractivity contribution in [2.24, 2.45) is 11.8 Å². The number of amides is 1. The van der Waals surface area contributed by atoms with Crippen LogP contribution in [0.1, 0.15) is 22.3 Å². The lowest BCUT2D eigenvalue weighted by Crippen LogP contribution is -2.54. The number of thiazole rings is 1. The molecule has 2 saturated heterocycles. The Kier molecular flexibility index (Phi) is 5.33. The van der Waals surface area contributed by atoms with Crippen molar-refractivity contribution in [2.75, 3.05) is 31.1 Å². The van der Waals surface area contributed by atoms with E-state index < -0.39 is 0 Å². The molecule has 34 heavy (non-hydrogen) atoms. The zero-order chi connectivity index (χ0) is 23.2. The number of carbonyl (C=O) groups is 1. The molecule has 0 aliphatic carbocycles. The molecule has 0 spiro atoms. The van der Waals surface area contributed by atoms with Crippen molar-refractivity contribution in [3.05, 3.63) is 83.7 Å². The first-order valence-electron chi connectivity index (χ1n) is 11.8. The minimum atomic E-state index is -0.224. The van der Waals surface area contributed by atoms with E-state index >= 15 is 0 Å². The van der Waals surface area contributed by atoms with Gasteiger partial charge in [-0.1, -0.05) is 59.4 Å². The molecule has 3 heterocycles. The molecular weight excluding hydrogens is 445 g/mol. The number of aryl methyl sites for hydroxylation is 1. The highest BCUT2D eigenvalue weighted by atomic mass is 32.1. The number of piperidine rings is 2. The van der Waals surface area contributed by atoms with Gasteiger partial charge in [-0.05, 0) is 60.6 Å². The van der Waals surface area contributed by atoms with Gasteiger partial charge in [0.25, 0.3) is 5.91 Å². The zero-order valence-corrected chi connectivity index (χ0v) is 19.9. The Morgan fingerprint density at radius 2 is 1.74 bits per heavy atom. The Morgan fingerprint density at radius 3 is 2.50 bits per heavy atom. The molecule has 2 aliphatic heterocycles. The molecule has 2 bridgehead atoms. The third-order valence-corrected chi connectivity index (χ3v) is 8.05. The lowest BCUT2D eigenvalue weighted by Gasteiger charge is -2.46. The molecule has 2 atom stereocenters. The van der Waals surface area contributed by atoms with Gasteiger partial charge in [0.05, 0.1) is 10.2 Å². The predicted octanol–water partition coefficient (Wildman–Crippen LogP) is 6.01. The number of anilines is 1. The molecule has 1 amide bonds. The van der Waals surface area contributed by atoms with E-state index in [0.717, 1.165) is 70.2 Å². The highest BCUT2D eigenvalue weighted by molar-refractivity contribution is 7.22. The van der Waals surface area contributed by atoms with Crippen LogP contribution in [0.2, 0.25) is 0 Å². The third kappa shape index (κ3) is 3.96. The summed E-state index contributed by atoms with van der Waals surface area (Å²) in [6.07, 6.45) is 1.14. The van der Waals surface area contributed by atoms with E-state index in [1.807, 2.05) is 31.2 Å². The van der Waals surface area contributed by atoms with Crippen LogP contribution in [0, 0.1) is 24.6 Å². The van der Waals surface area contributed by atoms with E-state index in [-0.39, 0.29) is 11.7 Å². The molecule has 4 aromatic rings. The third-order valence-electron chi connectivity index (χ3n) is 6.97. The summed E-state index contributed by atoms with van der Waals surface area (Å²) in [7, 11) is 0. The first-order valence-corrected chi connectivity index (χ1v) is 12.6. The van der Waals surface area contributed by atoms with Crippen molar-refractivity contribution in [3.63, 3.8) is 0 Å². The molecule has 0 radical (unpaired) electrons. The number of likely N-dealkylation sites (tertiary alicyclic amines) is 1.